The Morgan fingerprint density at radius 1 is 1.06 bits per heavy atom. The maximum absolute atomic E-state index is 10.9. The lowest BCUT2D eigenvalue weighted by atomic mass is 9.98. The maximum atomic E-state index is 10.9. The first kappa shape index (κ1) is 10.4. The van der Waals surface area contributed by atoms with Crippen molar-refractivity contribution in [2.75, 3.05) is 0 Å². The van der Waals surface area contributed by atoms with E-state index in [9.17, 15) is 4.79 Å². The first-order chi connectivity index (χ1) is 7.68. The van der Waals surface area contributed by atoms with Gasteiger partial charge in [-0.3, -0.25) is 10.5 Å². The zero-order valence-corrected chi connectivity index (χ0v) is 9.03. The second-order valence-electron chi connectivity index (χ2n) is 3.72. The number of aryl methyl sites for hydroxylation is 1. The SMILES string of the molecule is Cc1cc(C([NH])=O)ccc1-c1ccccc1. The molecule has 1 N–H and O–H groups in total. The van der Waals surface area contributed by atoms with E-state index in [1.807, 2.05) is 43.3 Å². The van der Waals surface area contributed by atoms with Crippen LogP contribution in [0.15, 0.2) is 48.5 Å². The van der Waals surface area contributed by atoms with Crippen LogP contribution in [0.1, 0.15) is 15.9 Å². The molecule has 16 heavy (non-hydrogen) atoms. The fourth-order valence-corrected chi connectivity index (χ4v) is 1.75. The highest BCUT2D eigenvalue weighted by Gasteiger charge is 2.05. The van der Waals surface area contributed by atoms with Gasteiger partial charge in [-0.05, 0) is 35.7 Å². The molecule has 0 unspecified atom stereocenters. The van der Waals surface area contributed by atoms with Crippen LogP contribution in [0.2, 0.25) is 0 Å². The molecule has 0 heterocycles. The summed E-state index contributed by atoms with van der Waals surface area (Å²) in [6.45, 7) is 1.95. The van der Waals surface area contributed by atoms with Crippen molar-refractivity contribution in [3.63, 3.8) is 0 Å². The minimum Gasteiger partial charge on any atom is -0.267 e. The molecule has 79 valence electrons. The summed E-state index contributed by atoms with van der Waals surface area (Å²) in [5, 5.41) is 0. The minimum atomic E-state index is -0.636. The van der Waals surface area contributed by atoms with Crippen molar-refractivity contribution < 1.29 is 4.79 Å². The summed E-state index contributed by atoms with van der Waals surface area (Å²) >= 11 is 0. The van der Waals surface area contributed by atoms with Gasteiger partial charge in [-0.1, -0.05) is 36.4 Å². The van der Waals surface area contributed by atoms with Gasteiger partial charge in [0.1, 0.15) is 0 Å². The lowest BCUT2D eigenvalue weighted by Gasteiger charge is -2.06. The molecule has 2 nitrogen and oxygen atoms in total. The molecule has 0 spiro atoms. The molecular formula is C14H12NO. The van der Waals surface area contributed by atoms with Gasteiger partial charge in [0.05, 0.1) is 0 Å². The molecule has 2 aromatic rings. The van der Waals surface area contributed by atoms with E-state index in [1.54, 1.807) is 12.1 Å². The molecule has 0 bridgehead atoms. The van der Waals surface area contributed by atoms with Gasteiger partial charge in [-0.25, -0.2) is 0 Å². The van der Waals surface area contributed by atoms with Gasteiger partial charge in [0, 0.05) is 5.56 Å². The Morgan fingerprint density at radius 2 is 1.75 bits per heavy atom. The van der Waals surface area contributed by atoms with Crippen molar-refractivity contribution in [3.05, 3.63) is 59.7 Å². The molecule has 1 amide bonds. The fourth-order valence-electron chi connectivity index (χ4n) is 1.75. The smallest absolute Gasteiger partial charge is 0.267 e. The van der Waals surface area contributed by atoms with Gasteiger partial charge < -0.3 is 0 Å². The Kier molecular flexibility index (Phi) is 2.73. The third-order valence-corrected chi connectivity index (χ3v) is 2.57. The van der Waals surface area contributed by atoms with E-state index >= 15 is 0 Å². The average Bonchev–Trinajstić information content (AvgIpc) is 2.30. The standard InChI is InChI=1S/C14H12NO/c1-10-9-12(14(15)16)7-8-13(10)11-5-3-2-4-6-11/h2-9,15H,1H3. The number of carbonyl (C=O) groups excluding carboxylic acids is 1. The molecule has 2 heteroatoms. The van der Waals surface area contributed by atoms with Crippen LogP contribution in [0.5, 0.6) is 0 Å². The van der Waals surface area contributed by atoms with Gasteiger partial charge in [0.15, 0.2) is 0 Å². The van der Waals surface area contributed by atoms with Crippen LogP contribution in [-0.4, -0.2) is 5.91 Å². The van der Waals surface area contributed by atoms with Crippen molar-refractivity contribution in [2.24, 2.45) is 0 Å². The van der Waals surface area contributed by atoms with E-state index in [1.165, 1.54) is 0 Å². The van der Waals surface area contributed by atoms with E-state index in [-0.39, 0.29) is 0 Å². The van der Waals surface area contributed by atoms with Crippen molar-refractivity contribution in [2.45, 2.75) is 6.92 Å². The number of carbonyl (C=O) groups is 1. The van der Waals surface area contributed by atoms with E-state index in [0.717, 1.165) is 16.7 Å². The summed E-state index contributed by atoms with van der Waals surface area (Å²) in [4.78, 5) is 10.9. The summed E-state index contributed by atoms with van der Waals surface area (Å²) in [5.74, 6) is -0.636. The first-order valence-electron chi connectivity index (χ1n) is 5.10. The summed E-state index contributed by atoms with van der Waals surface area (Å²) < 4.78 is 0. The molecule has 2 aromatic carbocycles. The van der Waals surface area contributed by atoms with Gasteiger partial charge in [-0.2, -0.15) is 0 Å². The van der Waals surface area contributed by atoms with Crippen LogP contribution in [0.25, 0.3) is 11.1 Å². The number of hydrogen-bond acceptors (Lipinski definition) is 1. The van der Waals surface area contributed by atoms with Crippen molar-refractivity contribution in [1.29, 1.82) is 0 Å². The molecule has 2 rings (SSSR count). The van der Waals surface area contributed by atoms with Gasteiger partial charge in [-0.15, -0.1) is 0 Å². The lowest BCUT2D eigenvalue weighted by Crippen LogP contribution is -1.99. The van der Waals surface area contributed by atoms with Crippen LogP contribution in [0.3, 0.4) is 0 Å². The van der Waals surface area contributed by atoms with Crippen LogP contribution in [0, 0.1) is 6.92 Å². The summed E-state index contributed by atoms with van der Waals surface area (Å²) in [5.41, 5.74) is 10.7. The first-order valence-corrected chi connectivity index (χ1v) is 5.10. The molecule has 1 radical (unpaired) electrons. The molecular weight excluding hydrogens is 198 g/mol. The average molecular weight is 210 g/mol. The minimum absolute atomic E-state index is 0.442. The lowest BCUT2D eigenvalue weighted by molar-refractivity contribution is 0.0992. The van der Waals surface area contributed by atoms with Crippen LogP contribution >= 0.6 is 0 Å². The zero-order chi connectivity index (χ0) is 11.5. The van der Waals surface area contributed by atoms with Crippen LogP contribution in [-0.2, 0) is 0 Å². The Hall–Kier alpha value is -2.09. The highest BCUT2D eigenvalue weighted by Crippen LogP contribution is 2.23. The maximum Gasteiger partial charge on any atom is 0.269 e. The van der Waals surface area contributed by atoms with Gasteiger partial charge in [0.25, 0.3) is 5.91 Å². The predicted molar refractivity (Wildman–Crippen MR) is 64.0 cm³/mol. The highest BCUT2D eigenvalue weighted by molar-refractivity contribution is 5.93. The van der Waals surface area contributed by atoms with Gasteiger partial charge in [0.2, 0.25) is 0 Å². The van der Waals surface area contributed by atoms with Gasteiger partial charge >= 0.3 is 0 Å². The Morgan fingerprint density at radius 3 is 2.31 bits per heavy atom. The highest BCUT2D eigenvalue weighted by atomic mass is 16.1. The Labute approximate surface area is 94.7 Å². The quantitative estimate of drug-likeness (QED) is 0.750. The fraction of sp³-hybridized carbons (Fsp3) is 0.0714. The monoisotopic (exact) mass is 210 g/mol. The molecule has 0 aromatic heterocycles. The predicted octanol–water partition coefficient (Wildman–Crippen LogP) is 3.09. The van der Waals surface area contributed by atoms with Crippen molar-refractivity contribution in [3.8, 4) is 11.1 Å². The summed E-state index contributed by atoms with van der Waals surface area (Å²) in [7, 11) is 0. The van der Waals surface area contributed by atoms with Crippen LogP contribution < -0.4 is 5.73 Å². The number of amides is 1. The molecule has 0 atom stereocenters. The van der Waals surface area contributed by atoms with E-state index in [0.29, 0.717) is 5.56 Å². The Balaban J connectivity index is 2.48. The van der Waals surface area contributed by atoms with E-state index in [2.05, 4.69) is 0 Å². The number of benzene rings is 2. The van der Waals surface area contributed by atoms with E-state index < -0.39 is 5.91 Å². The summed E-state index contributed by atoms with van der Waals surface area (Å²) in [6.07, 6.45) is 0. The number of hydrogen-bond donors (Lipinski definition) is 0. The zero-order valence-electron chi connectivity index (χ0n) is 9.03. The second kappa shape index (κ2) is 4.19. The third kappa shape index (κ3) is 1.96. The van der Waals surface area contributed by atoms with Crippen LogP contribution in [0.4, 0.5) is 0 Å². The summed E-state index contributed by atoms with van der Waals surface area (Å²) in [6, 6.07) is 15.4. The van der Waals surface area contributed by atoms with E-state index in [4.69, 9.17) is 5.73 Å². The molecule has 0 saturated heterocycles. The number of rotatable bonds is 2. The Bertz CT molecular complexity index is 518. The second-order valence-corrected chi connectivity index (χ2v) is 3.72. The normalized spacial score (nSPS) is 10.1. The third-order valence-electron chi connectivity index (χ3n) is 2.57. The number of nitrogens with one attached hydrogen (secondary N) is 1. The molecule has 0 saturated carbocycles. The molecule has 0 aliphatic carbocycles. The largest absolute Gasteiger partial charge is 0.269 e. The molecule has 0 fully saturated rings. The molecule has 0 aliphatic rings. The van der Waals surface area contributed by atoms with Crippen molar-refractivity contribution >= 4 is 5.91 Å². The van der Waals surface area contributed by atoms with Crippen molar-refractivity contribution in [1.82, 2.24) is 5.73 Å². The topological polar surface area (TPSA) is 40.9 Å². The molecule has 0 aliphatic heterocycles.